The summed E-state index contributed by atoms with van der Waals surface area (Å²) in [7, 11) is 1.43. The lowest BCUT2D eigenvalue weighted by Gasteiger charge is -2.10. The number of rotatable bonds is 7. The number of hydrogen-bond acceptors (Lipinski definition) is 6. The van der Waals surface area contributed by atoms with E-state index in [0.717, 1.165) is 0 Å². The second kappa shape index (κ2) is 10.1. The van der Waals surface area contributed by atoms with Crippen molar-refractivity contribution in [2.45, 2.75) is 6.92 Å². The normalized spacial score (nSPS) is 10.4. The predicted molar refractivity (Wildman–Crippen MR) is 108 cm³/mol. The number of anilines is 1. The van der Waals surface area contributed by atoms with Crippen LogP contribution in [-0.4, -0.2) is 37.7 Å². The van der Waals surface area contributed by atoms with E-state index in [1.807, 2.05) is 0 Å². The van der Waals surface area contributed by atoms with Crippen LogP contribution in [0.15, 0.2) is 41.5 Å². The zero-order valence-electron chi connectivity index (χ0n) is 15.7. The summed E-state index contributed by atoms with van der Waals surface area (Å²) in [5, 5.41) is 6.68. The van der Waals surface area contributed by atoms with Gasteiger partial charge in [-0.1, -0.05) is 17.7 Å². The molecule has 0 saturated heterocycles. The van der Waals surface area contributed by atoms with E-state index in [4.69, 9.17) is 26.8 Å². The van der Waals surface area contributed by atoms with Gasteiger partial charge in [-0.2, -0.15) is 5.10 Å². The Morgan fingerprint density at radius 1 is 1.17 bits per heavy atom. The van der Waals surface area contributed by atoms with Gasteiger partial charge in [0.15, 0.2) is 18.1 Å². The number of nitrogens with two attached hydrogens (primary N) is 1. The highest BCUT2D eigenvalue weighted by Gasteiger charge is 2.14. The highest BCUT2D eigenvalue weighted by atomic mass is 35.5. The zero-order chi connectivity index (χ0) is 21.4. The summed E-state index contributed by atoms with van der Waals surface area (Å²) < 4.78 is 10.4. The average molecular weight is 419 g/mol. The van der Waals surface area contributed by atoms with Crippen LogP contribution in [-0.2, 0) is 14.4 Å². The van der Waals surface area contributed by atoms with Crippen LogP contribution in [0.1, 0.15) is 11.1 Å². The summed E-state index contributed by atoms with van der Waals surface area (Å²) >= 11 is 5.98. The molecule has 2 aromatic carbocycles. The third kappa shape index (κ3) is 6.22. The molecule has 2 rings (SSSR count). The number of benzene rings is 2. The van der Waals surface area contributed by atoms with E-state index in [1.54, 1.807) is 43.3 Å². The third-order valence-corrected chi connectivity index (χ3v) is 4.07. The maximum atomic E-state index is 12.0. The number of nitrogens with zero attached hydrogens (tertiary/aromatic N) is 1. The smallest absolute Gasteiger partial charge is 0.329 e. The van der Waals surface area contributed by atoms with Gasteiger partial charge in [0.2, 0.25) is 0 Å². The van der Waals surface area contributed by atoms with Crippen LogP contribution >= 0.6 is 11.6 Å². The van der Waals surface area contributed by atoms with Crippen LogP contribution in [0.25, 0.3) is 0 Å². The maximum absolute atomic E-state index is 12.0. The van der Waals surface area contributed by atoms with Crippen molar-refractivity contribution >= 4 is 41.2 Å². The van der Waals surface area contributed by atoms with Crippen molar-refractivity contribution in [3.05, 3.63) is 52.5 Å². The molecule has 0 aliphatic heterocycles. The fourth-order valence-corrected chi connectivity index (χ4v) is 2.35. The molecule has 0 unspecified atom stereocenters. The number of nitrogens with one attached hydrogen (secondary N) is 2. The summed E-state index contributed by atoms with van der Waals surface area (Å²) in [5.74, 6) is -1.79. The van der Waals surface area contributed by atoms with Crippen molar-refractivity contribution in [3.8, 4) is 11.5 Å². The molecule has 0 radical (unpaired) electrons. The third-order valence-electron chi connectivity index (χ3n) is 3.66. The topological polar surface area (TPSA) is 132 Å². The van der Waals surface area contributed by atoms with Crippen LogP contribution in [0, 0.1) is 6.92 Å². The van der Waals surface area contributed by atoms with Gasteiger partial charge in [-0.15, -0.1) is 0 Å². The predicted octanol–water partition coefficient (Wildman–Crippen LogP) is 1.61. The van der Waals surface area contributed by atoms with Crippen molar-refractivity contribution in [1.82, 2.24) is 5.43 Å². The Labute approximate surface area is 171 Å². The van der Waals surface area contributed by atoms with Crippen LogP contribution in [0.5, 0.6) is 11.5 Å². The molecule has 152 valence electrons. The van der Waals surface area contributed by atoms with Crippen molar-refractivity contribution in [2.24, 2.45) is 10.8 Å². The van der Waals surface area contributed by atoms with Gasteiger partial charge in [-0.05, 0) is 48.4 Å². The molecule has 0 spiro atoms. The fraction of sp³-hybridized carbons (Fsp3) is 0.158. The molecular weight excluding hydrogens is 400 g/mol. The van der Waals surface area contributed by atoms with Gasteiger partial charge in [0.1, 0.15) is 0 Å². The lowest BCUT2D eigenvalue weighted by molar-refractivity contribution is -0.136. The van der Waals surface area contributed by atoms with Crippen molar-refractivity contribution in [2.75, 3.05) is 19.0 Å². The number of halogens is 1. The minimum atomic E-state index is -0.950. The van der Waals surface area contributed by atoms with Crippen LogP contribution in [0.3, 0.4) is 0 Å². The lowest BCUT2D eigenvalue weighted by Crippen LogP contribution is -2.32. The molecule has 2 aromatic rings. The monoisotopic (exact) mass is 418 g/mol. The van der Waals surface area contributed by atoms with Gasteiger partial charge >= 0.3 is 11.8 Å². The number of primary amides is 1. The molecule has 0 aliphatic carbocycles. The van der Waals surface area contributed by atoms with Crippen molar-refractivity contribution in [3.63, 3.8) is 0 Å². The second-order valence-electron chi connectivity index (χ2n) is 5.73. The van der Waals surface area contributed by atoms with Gasteiger partial charge < -0.3 is 20.5 Å². The first-order chi connectivity index (χ1) is 13.8. The van der Waals surface area contributed by atoms with Gasteiger partial charge in [-0.25, -0.2) is 5.43 Å². The maximum Gasteiger partial charge on any atom is 0.329 e. The van der Waals surface area contributed by atoms with Crippen molar-refractivity contribution < 1.29 is 23.9 Å². The van der Waals surface area contributed by atoms with Crippen LogP contribution < -0.4 is 25.9 Å². The SMILES string of the molecule is COc1cc(C=NNC(=O)C(=O)Nc2cccc(Cl)c2C)ccc1OCC(N)=O. The Morgan fingerprint density at radius 3 is 2.62 bits per heavy atom. The van der Waals surface area contributed by atoms with E-state index in [2.05, 4.69) is 15.8 Å². The van der Waals surface area contributed by atoms with E-state index >= 15 is 0 Å². The number of hydrogen-bond donors (Lipinski definition) is 3. The summed E-state index contributed by atoms with van der Waals surface area (Å²) in [5.41, 5.74) is 8.80. The minimum absolute atomic E-state index is 0.291. The molecule has 0 saturated carbocycles. The molecule has 0 heterocycles. The number of methoxy groups -OCH3 is 1. The van der Waals surface area contributed by atoms with E-state index < -0.39 is 17.7 Å². The molecule has 3 amide bonds. The van der Waals surface area contributed by atoms with Crippen LogP contribution in [0.4, 0.5) is 5.69 Å². The summed E-state index contributed by atoms with van der Waals surface area (Å²) in [6, 6.07) is 9.70. The Balaban J connectivity index is 1.97. The second-order valence-corrected chi connectivity index (χ2v) is 6.14. The summed E-state index contributed by atoms with van der Waals surface area (Å²) in [6.45, 7) is 1.43. The summed E-state index contributed by atoms with van der Waals surface area (Å²) in [6.07, 6.45) is 1.32. The first-order valence-corrected chi connectivity index (χ1v) is 8.68. The Morgan fingerprint density at radius 2 is 1.93 bits per heavy atom. The highest BCUT2D eigenvalue weighted by Crippen LogP contribution is 2.27. The molecule has 0 fully saturated rings. The van der Waals surface area contributed by atoms with Gasteiger partial charge in [-0.3, -0.25) is 14.4 Å². The number of carbonyl (C=O) groups is 3. The number of carbonyl (C=O) groups excluding carboxylic acids is 3. The standard InChI is InChI=1S/C19H19ClN4O5/c1-11-13(20)4-3-5-14(11)23-18(26)19(27)24-22-9-12-6-7-15(16(8-12)28-2)29-10-17(21)25/h3-9H,10H2,1-2H3,(H2,21,25)(H,23,26)(H,24,27). The van der Waals surface area contributed by atoms with Gasteiger partial charge in [0.25, 0.3) is 5.91 Å². The zero-order valence-corrected chi connectivity index (χ0v) is 16.4. The lowest BCUT2D eigenvalue weighted by atomic mass is 10.2. The Kier molecular flexibility index (Phi) is 7.55. The number of hydrazone groups is 1. The first kappa shape index (κ1) is 21.7. The molecule has 0 atom stereocenters. The molecule has 0 bridgehead atoms. The van der Waals surface area contributed by atoms with E-state index in [1.165, 1.54) is 13.3 Å². The molecule has 10 heteroatoms. The molecule has 4 N–H and O–H groups in total. The van der Waals surface area contributed by atoms with Crippen LogP contribution in [0.2, 0.25) is 5.02 Å². The van der Waals surface area contributed by atoms with E-state index in [-0.39, 0.29) is 6.61 Å². The molecular formula is C19H19ClN4O5. The van der Waals surface area contributed by atoms with E-state index in [0.29, 0.717) is 33.3 Å². The van der Waals surface area contributed by atoms with Gasteiger partial charge in [0.05, 0.1) is 13.3 Å². The van der Waals surface area contributed by atoms with E-state index in [9.17, 15) is 14.4 Å². The first-order valence-electron chi connectivity index (χ1n) is 8.30. The fourth-order valence-electron chi connectivity index (χ4n) is 2.17. The van der Waals surface area contributed by atoms with Gasteiger partial charge in [0, 0.05) is 10.7 Å². The number of amides is 3. The quantitative estimate of drug-likeness (QED) is 0.357. The Bertz CT molecular complexity index is 962. The highest BCUT2D eigenvalue weighted by molar-refractivity contribution is 6.40. The molecule has 0 aromatic heterocycles. The Hall–Kier alpha value is -3.59. The number of ether oxygens (including phenoxy) is 2. The molecule has 29 heavy (non-hydrogen) atoms. The van der Waals surface area contributed by atoms with Crippen molar-refractivity contribution in [1.29, 1.82) is 0 Å². The molecule has 9 nitrogen and oxygen atoms in total. The summed E-state index contributed by atoms with van der Waals surface area (Å²) in [4.78, 5) is 34.7. The largest absolute Gasteiger partial charge is 0.493 e. The average Bonchev–Trinajstić information content (AvgIpc) is 2.69. The molecule has 0 aliphatic rings. The minimum Gasteiger partial charge on any atom is -0.493 e.